The van der Waals surface area contributed by atoms with Gasteiger partial charge in [-0.3, -0.25) is 14.4 Å². The highest BCUT2D eigenvalue weighted by atomic mass is 16.5. The van der Waals surface area contributed by atoms with Crippen LogP contribution in [-0.4, -0.2) is 35.8 Å². The molecule has 0 aromatic rings. The minimum Gasteiger partial charge on any atom is -0.504 e. The molecule has 0 saturated carbocycles. The summed E-state index contributed by atoms with van der Waals surface area (Å²) in [5, 5.41) is 12.2. The van der Waals surface area contributed by atoms with Gasteiger partial charge >= 0.3 is 5.97 Å². The van der Waals surface area contributed by atoms with E-state index >= 15 is 0 Å². The summed E-state index contributed by atoms with van der Waals surface area (Å²) in [5.74, 6) is -1.75. The van der Waals surface area contributed by atoms with Crippen LogP contribution in [0.5, 0.6) is 0 Å². The molecule has 0 spiro atoms. The van der Waals surface area contributed by atoms with Gasteiger partial charge in [0, 0.05) is 24.6 Å². The van der Waals surface area contributed by atoms with Crippen molar-refractivity contribution in [3.8, 4) is 0 Å². The third-order valence-corrected chi connectivity index (χ3v) is 3.58. The zero-order valence-corrected chi connectivity index (χ0v) is 13.8. The van der Waals surface area contributed by atoms with Crippen LogP contribution in [0.2, 0.25) is 0 Å². The largest absolute Gasteiger partial charge is 0.504 e. The molecule has 1 aliphatic rings. The number of hydrogen-bond acceptors (Lipinski definition) is 6. The van der Waals surface area contributed by atoms with E-state index in [1.54, 1.807) is 0 Å². The Bertz CT molecular complexity index is 519. The third-order valence-electron chi connectivity index (χ3n) is 3.58. The third kappa shape index (κ3) is 6.26. The number of carbonyl (C=O) groups excluding carboxylic acids is 3. The minimum absolute atomic E-state index is 0.0338. The second kappa shape index (κ2) is 9.82. The number of allylic oxidation sites excluding steroid dienone is 2. The molecule has 0 atom stereocenters. The predicted molar refractivity (Wildman–Crippen MR) is 85.8 cm³/mol. The standard InChI is InChI=1S/C17H25NO5/c1-3-4-5-6-10-23-15(20)8-7-9-18-13-11-14(19)17(22)12(2)16(13)21/h11,18,22H,3-10H2,1-2H3. The first-order valence-electron chi connectivity index (χ1n) is 8.07. The smallest absolute Gasteiger partial charge is 0.305 e. The van der Waals surface area contributed by atoms with E-state index in [1.807, 2.05) is 0 Å². The molecule has 0 unspecified atom stereocenters. The van der Waals surface area contributed by atoms with Crippen LogP contribution in [0.25, 0.3) is 0 Å². The van der Waals surface area contributed by atoms with Crippen molar-refractivity contribution in [1.29, 1.82) is 0 Å². The molecule has 0 heterocycles. The lowest BCUT2D eigenvalue weighted by Gasteiger charge is -2.14. The molecule has 23 heavy (non-hydrogen) atoms. The number of aliphatic hydroxyl groups is 1. The number of unbranched alkanes of at least 4 members (excludes halogenated alkanes) is 3. The van der Waals surface area contributed by atoms with Crippen LogP contribution in [-0.2, 0) is 19.1 Å². The highest BCUT2D eigenvalue weighted by molar-refractivity contribution is 6.21. The van der Waals surface area contributed by atoms with Crippen molar-refractivity contribution < 1.29 is 24.2 Å². The van der Waals surface area contributed by atoms with Gasteiger partial charge in [0.2, 0.25) is 11.6 Å². The number of hydrogen-bond donors (Lipinski definition) is 2. The monoisotopic (exact) mass is 323 g/mol. The highest BCUT2D eigenvalue weighted by Gasteiger charge is 2.25. The van der Waals surface area contributed by atoms with E-state index in [0.29, 0.717) is 19.6 Å². The van der Waals surface area contributed by atoms with Gasteiger partial charge in [-0.1, -0.05) is 26.2 Å². The molecule has 2 N–H and O–H groups in total. The van der Waals surface area contributed by atoms with Gasteiger partial charge in [-0.25, -0.2) is 0 Å². The van der Waals surface area contributed by atoms with Gasteiger partial charge in [-0.05, 0) is 19.8 Å². The first-order chi connectivity index (χ1) is 11.0. The predicted octanol–water partition coefficient (Wildman–Crippen LogP) is 2.35. The number of ketones is 2. The van der Waals surface area contributed by atoms with Crippen molar-refractivity contribution in [2.24, 2.45) is 0 Å². The molecule has 0 aromatic heterocycles. The normalized spacial score (nSPS) is 14.8. The molecule has 0 radical (unpaired) electrons. The number of esters is 1. The number of aliphatic hydroxyl groups excluding tert-OH is 1. The van der Waals surface area contributed by atoms with Gasteiger partial charge in [-0.2, -0.15) is 0 Å². The molecule has 0 saturated heterocycles. The topological polar surface area (TPSA) is 92.7 Å². The van der Waals surface area contributed by atoms with Gasteiger partial charge < -0.3 is 15.2 Å². The van der Waals surface area contributed by atoms with Gasteiger partial charge in [0.25, 0.3) is 0 Å². The molecule has 0 aliphatic heterocycles. The maximum atomic E-state index is 11.8. The molecule has 0 aromatic carbocycles. The number of ether oxygens (including phenoxy) is 1. The number of nitrogens with one attached hydrogen (secondary N) is 1. The number of rotatable bonds is 10. The first kappa shape index (κ1) is 18.9. The van der Waals surface area contributed by atoms with Crippen LogP contribution in [0.1, 0.15) is 52.4 Å². The van der Waals surface area contributed by atoms with E-state index in [4.69, 9.17) is 4.74 Å². The Morgan fingerprint density at radius 2 is 1.96 bits per heavy atom. The lowest BCUT2D eigenvalue weighted by atomic mass is 10.00. The summed E-state index contributed by atoms with van der Waals surface area (Å²) < 4.78 is 5.11. The molecule has 6 nitrogen and oxygen atoms in total. The minimum atomic E-state index is -0.587. The van der Waals surface area contributed by atoms with Crippen molar-refractivity contribution in [3.05, 3.63) is 23.1 Å². The van der Waals surface area contributed by atoms with Crippen LogP contribution in [0.15, 0.2) is 23.1 Å². The summed E-state index contributed by atoms with van der Waals surface area (Å²) >= 11 is 0. The first-order valence-corrected chi connectivity index (χ1v) is 8.07. The van der Waals surface area contributed by atoms with E-state index in [2.05, 4.69) is 12.2 Å². The van der Waals surface area contributed by atoms with Crippen LogP contribution < -0.4 is 5.32 Å². The molecule has 0 bridgehead atoms. The molecular formula is C17H25NO5. The summed E-state index contributed by atoms with van der Waals surface area (Å²) in [6.07, 6.45) is 6.08. The zero-order valence-electron chi connectivity index (χ0n) is 13.8. The molecule has 0 amide bonds. The van der Waals surface area contributed by atoms with Crippen molar-refractivity contribution in [1.82, 2.24) is 5.32 Å². The van der Waals surface area contributed by atoms with E-state index in [9.17, 15) is 19.5 Å². The van der Waals surface area contributed by atoms with Crippen LogP contribution in [0, 0.1) is 0 Å². The summed E-state index contributed by atoms with van der Waals surface area (Å²) in [7, 11) is 0. The lowest BCUT2D eigenvalue weighted by Crippen LogP contribution is -2.28. The van der Waals surface area contributed by atoms with Crippen molar-refractivity contribution in [3.63, 3.8) is 0 Å². The second-order valence-corrected chi connectivity index (χ2v) is 5.54. The van der Waals surface area contributed by atoms with E-state index in [0.717, 1.165) is 31.8 Å². The van der Waals surface area contributed by atoms with Gasteiger partial charge in [-0.15, -0.1) is 0 Å². The molecule has 1 rings (SSSR count). The maximum Gasteiger partial charge on any atom is 0.305 e. The summed E-state index contributed by atoms with van der Waals surface area (Å²) in [6.45, 7) is 4.36. The van der Waals surface area contributed by atoms with Gasteiger partial charge in [0.1, 0.15) is 0 Å². The summed E-state index contributed by atoms with van der Waals surface area (Å²) in [4.78, 5) is 34.8. The SMILES string of the molecule is CCCCCCOC(=O)CCCNC1=CC(=O)C(O)=C(C)C1=O. The number of Topliss-reactive ketones (excluding diaryl/α,β-unsaturated/α-hetero) is 1. The van der Waals surface area contributed by atoms with E-state index in [1.165, 1.54) is 6.92 Å². The fourth-order valence-electron chi connectivity index (χ4n) is 2.13. The number of carbonyl (C=O) groups is 3. The highest BCUT2D eigenvalue weighted by Crippen LogP contribution is 2.15. The van der Waals surface area contributed by atoms with E-state index in [-0.39, 0.29) is 23.7 Å². The van der Waals surface area contributed by atoms with Crippen molar-refractivity contribution in [2.75, 3.05) is 13.2 Å². The van der Waals surface area contributed by atoms with Gasteiger partial charge in [0.05, 0.1) is 12.3 Å². The Kier molecular flexibility index (Phi) is 8.08. The van der Waals surface area contributed by atoms with E-state index < -0.39 is 17.3 Å². The summed E-state index contributed by atoms with van der Waals surface area (Å²) in [6, 6.07) is 0. The maximum absolute atomic E-state index is 11.8. The van der Waals surface area contributed by atoms with Crippen molar-refractivity contribution in [2.45, 2.75) is 52.4 Å². The molecule has 1 aliphatic carbocycles. The molecule has 6 heteroatoms. The zero-order chi connectivity index (χ0) is 17.2. The molecule has 0 fully saturated rings. The quantitative estimate of drug-likeness (QED) is 0.364. The van der Waals surface area contributed by atoms with Crippen LogP contribution in [0.3, 0.4) is 0 Å². The lowest BCUT2D eigenvalue weighted by molar-refractivity contribution is -0.143. The molecule has 128 valence electrons. The van der Waals surface area contributed by atoms with Crippen LogP contribution >= 0.6 is 0 Å². The second-order valence-electron chi connectivity index (χ2n) is 5.54. The molecular weight excluding hydrogens is 298 g/mol. The fourth-order valence-corrected chi connectivity index (χ4v) is 2.13. The Labute approximate surface area is 136 Å². The van der Waals surface area contributed by atoms with Crippen LogP contribution in [0.4, 0.5) is 0 Å². The summed E-state index contributed by atoms with van der Waals surface area (Å²) in [5.41, 5.74) is 0.185. The average molecular weight is 323 g/mol. The fraction of sp³-hybridized carbons (Fsp3) is 0.588. The Morgan fingerprint density at radius 1 is 1.22 bits per heavy atom. The van der Waals surface area contributed by atoms with Crippen molar-refractivity contribution >= 4 is 17.5 Å². The Morgan fingerprint density at radius 3 is 2.65 bits per heavy atom. The van der Waals surface area contributed by atoms with Gasteiger partial charge in [0.15, 0.2) is 5.76 Å². The Balaban J connectivity index is 2.20. The Hall–Kier alpha value is -2.11. The average Bonchev–Trinajstić information content (AvgIpc) is 2.53.